The molecule has 1 unspecified atom stereocenters. The third-order valence-corrected chi connectivity index (χ3v) is 3.42. The van der Waals surface area contributed by atoms with Gasteiger partial charge in [0.05, 0.1) is 13.2 Å². The number of nitrogens with zero attached hydrogens (tertiary/aromatic N) is 4. The first kappa shape index (κ1) is 15.8. The van der Waals surface area contributed by atoms with Gasteiger partial charge in [-0.2, -0.15) is 15.0 Å². The van der Waals surface area contributed by atoms with Crippen LogP contribution in [-0.2, 0) is 4.74 Å². The molecule has 7 nitrogen and oxygen atoms in total. The van der Waals surface area contributed by atoms with Crippen LogP contribution >= 0.6 is 0 Å². The molecule has 2 heterocycles. The maximum atomic E-state index is 5.45. The average molecular weight is 295 g/mol. The highest BCUT2D eigenvalue weighted by atomic mass is 16.5. The zero-order valence-corrected chi connectivity index (χ0v) is 13.1. The van der Waals surface area contributed by atoms with E-state index < -0.39 is 0 Å². The van der Waals surface area contributed by atoms with E-state index in [2.05, 4.69) is 25.2 Å². The number of piperidine rings is 1. The second-order valence-corrected chi connectivity index (χ2v) is 5.11. The number of nitrogens with one attached hydrogen (secondary N) is 1. The number of rotatable bonds is 7. The van der Waals surface area contributed by atoms with Crippen molar-refractivity contribution in [3.8, 4) is 6.01 Å². The fourth-order valence-corrected chi connectivity index (χ4v) is 2.54. The van der Waals surface area contributed by atoms with Crippen LogP contribution in [0.25, 0.3) is 0 Å². The van der Waals surface area contributed by atoms with Crippen LogP contribution in [0.3, 0.4) is 0 Å². The SMILES string of the molecule is CCNc1nc(OCC)nc(N2CCCC(COC)C2)n1. The van der Waals surface area contributed by atoms with Crippen molar-refractivity contribution in [1.82, 2.24) is 15.0 Å². The molecule has 0 radical (unpaired) electrons. The summed E-state index contributed by atoms with van der Waals surface area (Å²) in [5.74, 6) is 1.78. The molecule has 1 saturated heterocycles. The molecule has 1 aliphatic rings. The minimum atomic E-state index is 0.382. The van der Waals surface area contributed by atoms with Crippen LogP contribution in [0.2, 0.25) is 0 Å². The Morgan fingerprint density at radius 2 is 2.14 bits per heavy atom. The Bertz CT molecular complexity index is 417. The third-order valence-electron chi connectivity index (χ3n) is 3.42. The van der Waals surface area contributed by atoms with Crippen LogP contribution in [-0.4, -0.2) is 54.9 Å². The van der Waals surface area contributed by atoms with Crippen LogP contribution in [0.1, 0.15) is 26.7 Å². The highest BCUT2D eigenvalue weighted by Crippen LogP contribution is 2.22. The van der Waals surface area contributed by atoms with Gasteiger partial charge in [-0.15, -0.1) is 0 Å². The predicted octanol–water partition coefficient (Wildman–Crippen LogP) is 1.56. The minimum absolute atomic E-state index is 0.382. The van der Waals surface area contributed by atoms with Gasteiger partial charge in [-0.25, -0.2) is 0 Å². The fraction of sp³-hybridized carbons (Fsp3) is 0.786. The van der Waals surface area contributed by atoms with E-state index >= 15 is 0 Å². The first-order chi connectivity index (χ1) is 10.3. The molecule has 0 saturated carbocycles. The van der Waals surface area contributed by atoms with Crippen LogP contribution < -0.4 is 15.0 Å². The van der Waals surface area contributed by atoms with E-state index in [-0.39, 0.29) is 0 Å². The molecule has 1 fully saturated rings. The number of ether oxygens (including phenoxy) is 2. The molecule has 1 N–H and O–H groups in total. The second kappa shape index (κ2) is 7.97. The summed E-state index contributed by atoms with van der Waals surface area (Å²) in [7, 11) is 1.75. The molecule has 118 valence electrons. The minimum Gasteiger partial charge on any atom is -0.464 e. The van der Waals surface area contributed by atoms with E-state index in [1.807, 2.05) is 13.8 Å². The molecule has 1 aliphatic heterocycles. The van der Waals surface area contributed by atoms with Gasteiger partial charge >= 0.3 is 6.01 Å². The normalized spacial score (nSPS) is 18.6. The van der Waals surface area contributed by atoms with Crippen molar-refractivity contribution in [2.24, 2.45) is 5.92 Å². The Morgan fingerprint density at radius 3 is 2.86 bits per heavy atom. The van der Waals surface area contributed by atoms with Gasteiger partial charge in [0.1, 0.15) is 0 Å². The Labute approximate surface area is 126 Å². The predicted molar refractivity (Wildman–Crippen MR) is 82.0 cm³/mol. The van der Waals surface area contributed by atoms with Gasteiger partial charge in [0.25, 0.3) is 0 Å². The summed E-state index contributed by atoms with van der Waals surface area (Å²) < 4.78 is 10.7. The van der Waals surface area contributed by atoms with Crippen LogP contribution in [0, 0.1) is 5.92 Å². The molecule has 1 aromatic rings. The summed E-state index contributed by atoms with van der Waals surface area (Å²) in [4.78, 5) is 15.4. The summed E-state index contributed by atoms with van der Waals surface area (Å²) in [5, 5.41) is 3.13. The average Bonchev–Trinajstić information content (AvgIpc) is 2.48. The van der Waals surface area contributed by atoms with Gasteiger partial charge in [-0.05, 0) is 32.6 Å². The molecule has 0 amide bonds. The van der Waals surface area contributed by atoms with E-state index in [0.717, 1.165) is 32.7 Å². The van der Waals surface area contributed by atoms with Gasteiger partial charge in [-0.1, -0.05) is 0 Å². The van der Waals surface area contributed by atoms with Crippen molar-refractivity contribution >= 4 is 11.9 Å². The summed E-state index contributed by atoms with van der Waals surface area (Å²) in [6.45, 7) is 7.89. The zero-order valence-electron chi connectivity index (χ0n) is 13.1. The van der Waals surface area contributed by atoms with Crippen LogP contribution in [0.4, 0.5) is 11.9 Å². The van der Waals surface area contributed by atoms with Crippen molar-refractivity contribution in [3.63, 3.8) is 0 Å². The number of methoxy groups -OCH3 is 1. The molecule has 21 heavy (non-hydrogen) atoms. The number of hydrogen-bond donors (Lipinski definition) is 1. The zero-order chi connectivity index (χ0) is 15.1. The lowest BCUT2D eigenvalue weighted by Gasteiger charge is -2.32. The highest BCUT2D eigenvalue weighted by molar-refractivity contribution is 5.38. The Kier molecular flexibility index (Phi) is 5.98. The lowest BCUT2D eigenvalue weighted by Crippen LogP contribution is -2.38. The van der Waals surface area contributed by atoms with Gasteiger partial charge in [-0.3, -0.25) is 0 Å². The molecule has 1 aromatic heterocycles. The molecule has 0 aliphatic carbocycles. The first-order valence-corrected chi connectivity index (χ1v) is 7.63. The second-order valence-electron chi connectivity index (χ2n) is 5.11. The van der Waals surface area contributed by atoms with Crippen molar-refractivity contribution in [1.29, 1.82) is 0 Å². The fourth-order valence-electron chi connectivity index (χ4n) is 2.54. The van der Waals surface area contributed by atoms with E-state index in [4.69, 9.17) is 9.47 Å². The maximum Gasteiger partial charge on any atom is 0.323 e. The molecule has 0 spiro atoms. The Balaban J connectivity index is 2.16. The number of aromatic nitrogens is 3. The van der Waals surface area contributed by atoms with E-state index in [0.29, 0.717) is 30.4 Å². The summed E-state index contributed by atoms with van der Waals surface area (Å²) in [6.07, 6.45) is 2.31. The van der Waals surface area contributed by atoms with E-state index in [9.17, 15) is 0 Å². The van der Waals surface area contributed by atoms with Crippen LogP contribution in [0.5, 0.6) is 6.01 Å². The lowest BCUT2D eigenvalue weighted by atomic mass is 9.99. The van der Waals surface area contributed by atoms with Gasteiger partial charge < -0.3 is 19.7 Å². The van der Waals surface area contributed by atoms with Crippen molar-refractivity contribution < 1.29 is 9.47 Å². The first-order valence-electron chi connectivity index (χ1n) is 7.63. The Hall–Kier alpha value is -1.63. The third kappa shape index (κ3) is 4.42. The van der Waals surface area contributed by atoms with E-state index in [1.54, 1.807) is 7.11 Å². The monoisotopic (exact) mass is 295 g/mol. The molecule has 0 bridgehead atoms. The summed E-state index contributed by atoms with van der Waals surface area (Å²) in [5.41, 5.74) is 0. The smallest absolute Gasteiger partial charge is 0.323 e. The van der Waals surface area contributed by atoms with E-state index in [1.165, 1.54) is 6.42 Å². The standard InChI is InChI=1S/C14H25N5O2/c1-4-15-12-16-13(18-14(17-12)21-5-2)19-8-6-7-11(9-19)10-20-3/h11H,4-10H2,1-3H3,(H,15,16,17,18). The number of anilines is 2. The lowest BCUT2D eigenvalue weighted by molar-refractivity contribution is 0.143. The summed E-state index contributed by atoms with van der Waals surface area (Å²) in [6, 6.07) is 0.382. The maximum absolute atomic E-state index is 5.45. The molecule has 1 atom stereocenters. The van der Waals surface area contributed by atoms with Crippen molar-refractivity contribution in [2.45, 2.75) is 26.7 Å². The molecular weight excluding hydrogens is 270 g/mol. The molecular formula is C14H25N5O2. The quantitative estimate of drug-likeness (QED) is 0.818. The van der Waals surface area contributed by atoms with Crippen molar-refractivity contribution in [3.05, 3.63) is 0 Å². The topological polar surface area (TPSA) is 72.4 Å². The highest BCUT2D eigenvalue weighted by Gasteiger charge is 2.23. The van der Waals surface area contributed by atoms with Gasteiger partial charge in [0.2, 0.25) is 11.9 Å². The van der Waals surface area contributed by atoms with Crippen molar-refractivity contribution in [2.75, 3.05) is 50.2 Å². The summed E-state index contributed by atoms with van der Waals surface area (Å²) >= 11 is 0. The largest absolute Gasteiger partial charge is 0.464 e. The molecule has 7 heteroatoms. The molecule has 0 aromatic carbocycles. The molecule has 2 rings (SSSR count). The van der Waals surface area contributed by atoms with Gasteiger partial charge in [0.15, 0.2) is 0 Å². The van der Waals surface area contributed by atoms with Crippen LogP contribution in [0.15, 0.2) is 0 Å². The van der Waals surface area contributed by atoms with Gasteiger partial charge in [0, 0.05) is 26.7 Å². The Morgan fingerprint density at radius 1 is 1.29 bits per heavy atom. The number of hydrogen-bond acceptors (Lipinski definition) is 7.